The molecule has 0 bridgehead atoms. The van der Waals surface area contributed by atoms with E-state index < -0.39 is 0 Å². The molecule has 1 heterocycles. The Kier molecular flexibility index (Phi) is 4.52. The van der Waals surface area contributed by atoms with Crippen LogP contribution in [0.5, 0.6) is 0 Å². The van der Waals surface area contributed by atoms with Gasteiger partial charge in [0, 0.05) is 23.3 Å². The van der Waals surface area contributed by atoms with E-state index in [1.165, 1.54) is 27.9 Å². The van der Waals surface area contributed by atoms with Gasteiger partial charge in [-0.3, -0.25) is 4.68 Å². The molecule has 114 valence electrons. The molecule has 0 radical (unpaired) electrons. The molecule has 0 atom stereocenters. The van der Waals surface area contributed by atoms with Crippen molar-refractivity contribution in [3.05, 3.63) is 52.3 Å². The quantitative estimate of drug-likeness (QED) is 0.927. The maximum Gasteiger partial charge on any atom is 0.0662 e. The molecule has 0 aliphatic heterocycles. The van der Waals surface area contributed by atoms with E-state index in [4.69, 9.17) is 0 Å². The third kappa shape index (κ3) is 4.43. The monoisotopic (exact) mass is 285 g/mol. The number of aromatic nitrogens is 2. The van der Waals surface area contributed by atoms with Crippen LogP contribution in [-0.2, 0) is 13.1 Å². The van der Waals surface area contributed by atoms with Crippen molar-refractivity contribution in [2.45, 2.75) is 60.2 Å². The summed E-state index contributed by atoms with van der Waals surface area (Å²) >= 11 is 0. The number of nitrogens with one attached hydrogen (secondary N) is 1. The summed E-state index contributed by atoms with van der Waals surface area (Å²) in [7, 11) is 0. The zero-order valence-corrected chi connectivity index (χ0v) is 14.1. The molecule has 3 heteroatoms. The fraction of sp³-hybridized carbons (Fsp3) is 0.500. The highest BCUT2D eigenvalue weighted by molar-refractivity contribution is 5.29. The largest absolute Gasteiger partial charge is 0.308 e. The molecular weight excluding hydrogens is 258 g/mol. The van der Waals surface area contributed by atoms with Crippen LogP contribution in [0.2, 0.25) is 0 Å². The Morgan fingerprint density at radius 3 is 2.24 bits per heavy atom. The number of nitrogens with zero attached hydrogens (tertiary/aromatic N) is 2. The molecule has 1 aromatic carbocycles. The van der Waals surface area contributed by atoms with Crippen molar-refractivity contribution in [2.24, 2.45) is 0 Å². The average Bonchev–Trinajstić information content (AvgIpc) is 2.66. The lowest BCUT2D eigenvalue weighted by Crippen LogP contribution is -2.35. The summed E-state index contributed by atoms with van der Waals surface area (Å²) in [6, 6.07) is 6.68. The van der Waals surface area contributed by atoms with Crippen molar-refractivity contribution >= 4 is 0 Å². The SMILES string of the molecule is Cc1cc(C)cc(Cn2ncc(CNC(C)(C)C)c2C)c1. The normalized spacial score (nSPS) is 11.9. The van der Waals surface area contributed by atoms with Crippen molar-refractivity contribution in [1.29, 1.82) is 0 Å². The molecule has 1 aromatic heterocycles. The summed E-state index contributed by atoms with van der Waals surface area (Å²) in [5.41, 5.74) is 6.57. The van der Waals surface area contributed by atoms with E-state index in [0.717, 1.165) is 13.1 Å². The summed E-state index contributed by atoms with van der Waals surface area (Å²) < 4.78 is 2.09. The average molecular weight is 285 g/mol. The zero-order valence-electron chi connectivity index (χ0n) is 14.1. The lowest BCUT2D eigenvalue weighted by Gasteiger charge is -2.20. The van der Waals surface area contributed by atoms with Crippen molar-refractivity contribution in [3.8, 4) is 0 Å². The Balaban J connectivity index is 2.13. The molecule has 0 saturated carbocycles. The van der Waals surface area contributed by atoms with Gasteiger partial charge in [-0.05, 0) is 47.1 Å². The van der Waals surface area contributed by atoms with Gasteiger partial charge in [-0.25, -0.2) is 0 Å². The van der Waals surface area contributed by atoms with Crippen molar-refractivity contribution in [2.75, 3.05) is 0 Å². The second kappa shape index (κ2) is 6.02. The van der Waals surface area contributed by atoms with Gasteiger partial charge in [0.2, 0.25) is 0 Å². The first-order chi connectivity index (χ1) is 9.74. The van der Waals surface area contributed by atoms with E-state index in [1.807, 2.05) is 6.20 Å². The molecule has 1 N–H and O–H groups in total. The lowest BCUT2D eigenvalue weighted by molar-refractivity contribution is 0.423. The summed E-state index contributed by atoms with van der Waals surface area (Å²) in [5, 5.41) is 8.07. The number of benzene rings is 1. The molecular formula is C18H27N3. The Hall–Kier alpha value is -1.61. The van der Waals surface area contributed by atoms with Crippen LogP contribution in [0.3, 0.4) is 0 Å². The molecule has 3 nitrogen and oxygen atoms in total. The molecule has 0 aliphatic rings. The fourth-order valence-corrected chi connectivity index (χ4v) is 2.51. The van der Waals surface area contributed by atoms with Crippen LogP contribution in [0.1, 0.15) is 48.7 Å². The minimum Gasteiger partial charge on any atom is -0.308 e. The van der Waals surface area contributed by atoms with E-state index in [9.17, 15) is 0 Å². The molecule has 0 aliphatic carbocycles. The van der Waals surface area contributed by atoms with Crippen LogP contribution in [0.4, 0.5) is 0 Å². The third-order valence-electron chi connectivity index (χ3n) is 3.63. The van der Waals surface area contributed by atoms with E-state index in [1.54, 1.807) is 0 Å². The maximum atomic E-state index is 4.55. The highest BCUT2D eigenvalue weighted by atomic mass is 15.3. The topological polar surface area (TPSA) is 29.9 Å². The standard InChI is InChI=1S/C18H27N3/c1-13-7-14(2)9-16(8-13)12-21-15(3)17(11-20-21)10-19-18(4,5)6/h7-9,11,19H,10,12H2,1-6H3. The minimum absolute atomic E-state index is 0.127. The predicted molar refractivity (Wildman–Crippen MR) is 88.6 cm³/mol. The molecule has 0 spiro atoms. The summed E-state index contributed by atoms with van der Waals surface area (Å²) in [5.74, 6) is 0. The fourth-order valence-electron chi connectivity index (χ4n) is 2.51. The molecule has 0 amide bonds. The Morgan fingerprint density at radius 1 is 1.05 bits per heavy atom. The highest BCUT2D eigenvalue weighted by Crippen LogP contribution is 2.14. The van der Waals surface area contributed by atoms with Gasteiger partial charge < -0.3 is 5.32 Å². The van der Waals surface area contributed by atoms with Crippen LogP contribution >= 0.6 is 0 Å². The summed E-state index contributed by atoms with van der Waals surface area (Å²) in [6.45, 7) is 14.7. The molecule has 0 unspecified atom stereocenters. The number of rotatable bonds is 4. The first kappa shape index (κ1) is 15.8. The van der Waals surface area contributed by atoms with Crippen molar-refractivity contribution in [3.63, 3.8) is 0 Å². The first-order valence-electron chi connectivity index (χ1n) is 7.58. The highest BCUT2D eigenvalue weighted by Gasteiger charge is 2.12. The number of hydrogen-bond acceptors (Lipinski definition) is 2. The second-order valence-electron chi connectivity index (χ2n) is 7.01. The predicted octanol–water partition coefficient (Wildman–Crippen LogP) is 3.74. The summed E-state index contributed by atoms with van der Waals surface area (Å²) in [6.07, 6.45) is 1.98. The second-order valence-corrected chi connectivity index (χ2v) is 7.01. The van der Waals surface area contributed by atoms with Crippen LogP contribution < -0.4 is 5.32 Å². The molecule has 2 aromatic rings. The third-order valence-corrected chi connectivity index (χ3v) is 3.63. The zero-order chi connectivity index (χ0) is 15.6. The smallest absolute Gasteiger partial charge is 0.0662 e. The van der Waals surface area contributed by atoms with E-state index in [0.29, 0.717) is 0 Å². The summed E-state index contributed by atoms with van der Waals surface area (Å²) in [4.78, 5) is 0. The minimum atomic E-state index is 0.127. The Bertz CT molecular complexity index is 598. The van der Waals surface area contributed by atoms with Gasteiger partial charge in [-0.2, -0.15) is 5.10 Å². The maximum absolute atomic E-state index is 4.55. The van der Waals surface area contributed by atoms with Gasteiger partial charge in [0.15, 0.2) is 0 Å². The van der Waals surface area contributed by atoms with Crippen molar-refractivity contribution in [1.82, 2.24) is 15.1 Å². The molecule has 0 saturated heterocycles. The Morgan fingerprint density at radius 2 is 1.67 bits per heavy atom. The van der Waals surface area contributed by atoms with Crippen LogP contribution in [0.25, 0.3) is 0 Å². The molecule has 21 heavy (non-hydrogen) atoms. The lowest BCUT2D eigenvalue weighted by atomic mass is 10.1. The van der Waals surface area contributed by atoms with Gasteiger partial charge in [0.05, 0.1) is 12.7 Å². The van der Waals surface area contributed by atoms with Gasteiger partial charge in [-0.15, -0.1) is 0 Å². The van der Waals surface area contributed by atoms with Gasteiger partial charge >= 0.3 is 0 Å². The molecule has 0 fully saturated rings. The van der Waals surface area contributed by atoms with E-state index in [-0.39, 0.29) is 5.54 Å². The van der Waals surface area contributed by atoms with Crippen molar-refractivity contribution < 1.29 is 0 Å². The van der Waals surface area contributed by atoms with Crippen LogP contribution in [0, 0.1) is 20.8 Å². The number of aryl methyl sites for hydroxylation is 2. The van der Waals surface area contributed by atoms with E-state index >= 15 is 0 Å². The Labute approximate surface area is 128 Å². The van der Waals surface area contributed by atoms with Crippen LogP contribution in [0.15, 0.2) is 24.4 Å². The first-order valence-corrected chi connectivity index (χ1v) is 7.58. The van der Waals surface area contributed by atoms with E-state index in [2.05, 4.69) is 74.8 Å². The van der Waals surface area contributed by atoms with Gasteiger partial charge in [0.25, 0.3) is 0 Å². The number of hydrogen-bond donors (Lipinski definition) is 1. The molecule has 2 rings (SSSR count). The van der Waals surface area contributed by atoms with Gasteiger partial charge in [-0.1, -0.05) is 29.3 Å². The van der Waals surface area contributed by atoms with Gasteiger partial charge in [0.1, 0.15) is 0 Å². The van der Waals surface area contributed by atoms with Crippen LogP contribution in [-0.4, -0.2) is 15.3 Å².